The zero-order chi connectivity index (χ0) is 13.7. The highest BCUT2D eigenvalue weighted by Gasteiger charge is 2.03. The molecule has 0 heterocycles. The fraction of sp³-hybridized carbons (Fsp3) is 0.143. The first kappa shape index (κ1) is 13.7. The Balaban J connectivity index is 1.83. The molecule has 0 aromatic heterocycles. The monoisotopic (exact) mass is 281 g/mol. The van der Waals surface area contributed by atoms with E-state index in [0.29, 0.717) is 18.0 Å². The van der Waals surface area contributed by atoms with Crippen LogP contribution in [0.3, 0.4) is 0 Å². The summed E-state index contributed by atoms with van der Waals surface area (Å²) in [7, 11) is 0. The standard InChI is InChI=1S/C14H13F2NOS/c15-10-5-6-14(12(17)9-10)19-8-7-18-13-4-2-1-3-11(13)16/h1-6,9H,7-8,17H2. The van der Waals surface area contributed by atoms with Crippen LogP contribution in [0.2, 0.25) is 0 Å². The number of ether oxygens (including phenoxy) is 1. The summed E-state index contributed by atoms with van der Waals surface area (Å²) in [6.07, 6.45) is 0. The van der Waals surface area contributed by atoms with E-state index < -0.39 is 0 Å². The second-order valence-corrected chi connectivity index (χ2v) is 4.95. The molecule has 0 amide bonds. The first-order chi connectivity index (χ1) is 9.16. The Bertz CT molecular complexity index is 563. The van der Waals surface area contributed by atoms with Crippen molar-refractivity contribution in [2.45, 2.75) is 4.90 Å². The Hall–Kier alpha value is -1.75. The zero-order valence-corrected chi connectivity index (χ0v) is 10.9. The van der Waals surface area contributed by atoms with Crippen LogP contribution in [0.5, 0.6) is 5.75 Å². The van der Waals surface area contributed by atoms with Gasteiger partial charge in [-0.25, -0.2) is 8.78 Å². The van der Waals surface area contributed by atoms with Crippen molar-refractivity contribution in [3.8, 4) is 5.75 Å². The Morgan fingerprint density at radius 2 is 1.89 bits per heavy atom. The molecule has 5 heteroatoms. The van der Waals surface area contributed by atoms with Crippen molar-refractivity contribution in [1.82, 2.24) is 0 Å². The molecular weight excluding hydrogens is 268 g/mol. The number of rotatable bonds is 5. The first-order valence-corrected chi connectivity index (χ1v) is 6.70. The predicted molar refractivity (Wildman–Crippen MR) is 73.4 cm³/mol. The van der Waals surface area contributed by atoms with E-state index in [0.717, 1.165) is 4.90 Å². The summed E-state index contributed by atoms with van der Waals surface area (Å²) >= 11 is 1.44. The molecule has 2 N–H and O–H groups in total. The third-order valence-electron chi connectivity index (χ3n) is 2.41. The lowest BCUT2D eigenvalue weighted by Crippen LogP contribution is -2.02. The van der Waals surface area contributed by atoms with Gasteiger partial charge in [0, 0.05) is 16.3 Å². The van der Waals surface area contributed by atoms with Crippen molar-refractivity contribution in [3.05, 3.63) is 54.1 Å². The molecule has 100 valence electrons. The van der Waals surface area contributed by atoms with E-state index in [1.54, 1.807) is 24.3 Å². The molecule has 0 radical (unpaired) electrons. The van der Waals surface area contributed by atoms with Crippen LogP contribution in [0.1, 0.15) is 0 Å². The lowest BCUT2D eigenvalue weighted by Gasteiger charge is -2.08. The second kappa shape index (κ2) is 6.43. The van der Waals surface area contributed by atoms with Crippen molar-refractivity contribution in [1.29, 1.82) is 0 Å². The highest BCUT2D eigenvalue weighted by atomic mass is 32.2. The van der Waals surface area contributed by atoms with Crippen molar-refractivity contribution < 1.29 is 13.5 Å². The van der Waals surface area contributed by atoms with Gasteiger partial charge in [0.15, 0.2) is 11.6 Å². The van der Waals surface area contributed by atoms with Crippen LogP contribution in [0.15, 0.2) is 47.4 Å². The van der Waals surface area contributed by atoms with Crippen molar-refractivity contribution in [2.24, 2.45) is 0 Å². The second-order valence-electron chi connectivity index (χ2n) is 3.81. The van der Waals surface area contributed by atoms with E-state index in [-0.39, 0.29) is 17.4 Å². The molecule has 0 atom stereocenters. The van der Waals surface area contributed by atoms with Gasteiger partial charge in [0.05, 0.1) is 6.61 Å². The van der Waals surface area contributed by atoms with Gasteiger partial charge in [-0.15, -0.1) is 11.8 Å². The van der Waals surface area contributed by atoms with E-state index in [2.05, 4.69) is 0 Å². The predicted octanol–water partition coefficient (Wildman–Crippen LogP) is 3.72. The fourth-order valence-electron chi connectivity index (χ4n) is 1.52. The topological polar surface area (TPSA) is 35.2 Å². The van der Waals surface area contributed by atoms with Crippen LogP contribution in [0, 0.1) is 11.6 Å². The van der Waals surface area contributed by atoms with Gasteiger partial charge in [-0.3, -0.25) is 0 Å². The lowest BCUT2D eigenvalue weighted by atomic mass is 10.3. The molecule has 2 rings (SSSR count). The number of hydrogen-bond donors (Lipinski definition) is 1. The number of hydrogen-bond acceptors (Lipinski definition) is 3. The van der Waals surface area contributed by atoms with Crippen molar-refractivity contribution in [3.63, 3.8) is 0 Å². The minimum Gasteiger partial charge on any atom is -0.490 e. The highest BCUT2D eigenvalue weighted by molar-refractivity contribution is 7.99. The number of nitrogen functional groups attached to an aromatic ring is 1. The van der Waals surface area contributed by atoms with E-state index in [1.165, 1.54) is 30.0 Å². The molecule has 2 aromatic rings. The van der Waals surface area contributed by atoms with E-state index in [9.17, 15) is 8.78 Å². The number of nitrogens with two attached hydrogens (primary N) is 1. The van der Waals surface area contributed by atoms with Gasteiger partial charge in [-0.1, -0.05) is 12.1 Å². The van der Waals surface area contributed by atoms with Gasteiger partial charge in [0.2, 0.25) is 0 Å². The zero-order valence-electron chi connectivity index (χ0n) is 10.1. The molecule has 0 aliphatic rings. The fourth-order valence-corrected chi connectivity index (χ4v) is 2.29. The smallest absolute Gasteiger partial charge is 0.165 e. The van der Waals surface area contributed by atoms with Crippen LogP contribution in [0.4, 0.5) is 14.5 Å². The molecule has 19 heavy (non-hydrogen) atoms. The molecule has 0 spiro atoms. The summed E-state index contributed by atoms with van der Waals surface area (Å²) in [5.41, 5.74) is 6.08. The number of benzene rings is 2. The van der Waals surface area contributed by atoms with Gasteiger partial charge in [-0.2, -0.15) is 0 Å². The quantitative estimate of drug-likeness (QED) is 0.515. The van der Waals surface area contributed by atoms with Crippen LogP contribution in [-0.4, -0.2) is 12.4 Å². The van der Waals surface area contributed by atoms with Crippen LogP contribution >= 0.6 is 11.8 Å². The third-order valence-corrected chi connectivity index (χ3v) is 3.46. The maximum absolute atomic E-state index is 13.3. The maximum atomic E-state index is 13.3. The van der Waals surface area contributed by atoms with E-state index >= 15 is 0 Å². The van der Waals surface area contributed by atoms with Gasteiger partial charge < -0.3 is 10.5 Å². The summed E-state index contributed by atoms with van der Waals surface area (Å²) < 4.78 is 31.4. The van der Waals surface area contributed by atoms with Crippen molar-refractivity contribution in [2.75, 3.05) is 18.1 Å². The molecule has 2 nitrogen and oxygen atoms in total. The van der Waals surface area contributed by atoms with Crippen LogP contribution in [0.25, 0.3) is 0 Å². The van der Waals surface area contributed by atoms with Crippen LogP contribution in [-0.2, 0) is 0 Å². The molecule has 0 saturated heterocycles. The summed E-state index contributed by atoms with van der Waals surface area (Å²) in [4.78, 5) is 0.790. The third kappa shape index (κ3) is 3.86. The molecule has 0 bridgehead atoms. The average Bonchev–Trinajstić information content (AvgIpc) is 2.38. The van der Waals surface area contributed by atoms with E-state index in [1.807, 2.05) is 0 Å². The summed E-state index contributed by atoms with van der Waals surface area (Å²) in [5, 5.41) is 0. The Morgan fingerprint density at radius 1 is 1.11 bits per heavy atom. The molecule has 0 unspecified atom stereocenters. The van der Waals surface area contributed by atoms with E-state index in [4.69, 9.17) is 10.5 Å². The summed E-state index contributed by atoms with van der Waals surface area (Å²) in [6.45, 7) is 0.350. The molecule has 0 fully saturated rings. The Labute approximate surface area is 114 Å². The number of para-hydroxylation sites is 1. The average molecular weight is 281 g/mol. The highest BCUT2D eigenvalue weighted by Crippen LogP contribution is 2.25. The summed E-state index contributed by atoms with van der Waals surface area (Å²) in [5.74, 6) is 0.0953. The minimum atomic E-state index is -0.381. The van der Waals surface area contributed by atoms with Crippen molar-refractivity contribution >= 4 is 17.4 Å². The Kier molecular flexibility index (Phi) is 4.63. The lowest BCUT2D eigenvalue weighted by molar-refractivity contribution is 0.325. The van der Waals surface area contributed by atoms with Gasteiger partial charge in [0.25, 0.3) is 0 Å². The normalized spacial score (nSPS) is 10.4. The van der Waals surface area contributed by atoms with Crippen LogP contribution < -0.4 is 10.5 Å². The molecule has 0 saturated carbocycles. The first-order valence-electron chi connectivity index (χ1n) is 5.72. The maximum Gasteiger partial charge on any atom is 0.165 e. The van der Waals surface area contributed by atoms with Gasteiger partial charge >= 0.3 is 0 Å². The summed E-state index contributed by atoms with van der Waals surface area (Å²) in [6, 6.07) is 10.5. The molecular formula is C14H13F2NOS. The molecule has 0 aliphatic carbocycles. The number of anilines is 1. The number of thioether (sulfide) groups is 1. The SMILES string of the molecule is Nc1cc(F)ccc1SCCOc1ccccc1F. The molecule has 2 aromatic carbocycles. The Morgan fingerprint density at radius 3 is 2.63 bits per heavy atom. The largest absolute Gasteiger partial charge is 0.490 e. The number of halogens is 2. The minimum absolute atomic E-state index is 0.232. The van der Waals surface area contributed by atoms with Gasteiger partial charge in [-0.05, 0) is 30.3 Å². The molecule has 0 aliphatic heterocycles. The van der Waals surface area contributed by atoms with Gasteiger partial charge in [0.1, 0.15) is 5.82 Å².